The first-order valence-electron chi connectivity index (χ1n) is 6.39. The quantitative estimate of drug-likeness (QED) is 0.905. The van der Waals surface area contributed by atoms with Crippen LogP contribution in [0.3, 0.4) is 0 Å². The van der Waals surface area contributed by atoms with Gasteiger partial charge in [0.05, 0.1) is 36.1 Å². The Kier molecular flexibility index (Phi) is 3.81. The highest BCUT2D eigenvalue weighted by Gasteiger charge is 2.30. The van der Waals surface area contributed by atoms with E-state index in [-0.39, 0.29) is 5.25 Å². The lowest BCUT2D eigenvalue weighted by Crippen LogP contribution is -2.09. The molecule has 1 N–H and O–H groups in total. The summed E-state index contributed by atoms with van der Waals surface area (Å²) in [5, 5.41) is 7.86. The number of ether oxygens (including phenoxy) is 1. The van der Waals surface area contributed by atoms with Crippen molar-refractivity contribution in [1.29, 1.82) is 0 Å². The number of hydrogen-bond acceptors (Lipinski definition) is 6. The fourth-order valence-electron chi connectivity index (χ4n) is 1.75. The van der Waals surface area contributed by atoms with E-state index >= 15 is 0 Å². The van der Waals surface area contributed by atoms with Crippen LogP contribution >= 0.6 is 11.6 Å². The van der Waals surface area contributed by atoms with Gasteiger partial charge in [-0.15, -0.1) is 0 Å². The second kappa shape index (κ2) is 5.61. The van der Waals surface area contributed by atoms with Gasteiger partial charge in [-0.2, -0.15) is 14.2 Å². The largest absolute Gasteiger partial charge is 0.480 e. The van der Waals surface area contributed by atoms with E-state index in [1.54, 1.807) is 6.20 Å². The SMILES string of the molecule is COc1nc(Nc2cn(S(=O)C3CC3)nc2C)ncc1Cl. The van der Waals surface area contributed by atoms with E-state index in [0.29, 0.717) is 22.5 Å². The zero-order valence-electron chi connectivity index (χ0n) is 11.5. The number of halogens is 1. The van der Waals surface area contributed by atoms with E-state index in [2.05, 4.69) is 20.4 Å². The van der Waals surface area contributed by atoms with Crippen LogP contribution in [0.25, 0.3) is 0 Å². The van der Waals surface area contributed by atoms with Gasteiger partial charge in [-0.25, -0.2) is 9.19 Å². The third-order valence-electron chi connectivity index (χ3n) is 3.02. The summed E-state index contributed by atoms with van der Waals surface area (Å²) in [4.78, 5) is 8.22. The summed E-state index contributed by atoms with van der Waals surface area (Å²) in [5.41, 5.74) is 1.43. The molecule has 1 saturated carbocycles. The molecule has 2 aromatic heterocycles. The first-order valence-corrected chi connectivity index (χ1v) is 7.94. The van der Waals surface area contributed by atoms with Gasteiger partial charge in [0.25, 0.3) is 0 Å². The zero-order chi connectivity index (χ0) is 15.0. The molecule has 1 aliphatic rings. The number of hydrogen-bond donors (Lipinski definition) is 1. The lowest BCUT2D eigenvalue weighted by molar-refractivity contribution is 0.398. The summed E-state index contributed by atoms with van der Waals surface area (Å²) < 4.78 is 18.6. The van der Waals surface area contributed by atoms with Crippen molar-refractivity contribution in [3.05, 3.63) is 23.1 Å². The molecule has 0 radical (unpaired) electrons. The molecule has 9 heteroatoms. The van der Waals surface area contributed by atoms with Crippen molar-refractivity contribution < 1.29 is 8.95 Å². The van der Waals surface area contributed by atoms with Crippen molar-refractivity contribution in [3.63, 3.8) is 0 Å². The molecular formula is C12H14ClN5O2S. The molecule has 112 valence electrons. The molecule has 0 amide bonds. The van der Waals surface area contributed by atoms with Crippen LogP contribution in [0.4, 0.5) is 11.6 Å². The van der Waals surface area contributed by atoms with Crippen LogP contribution in [0.15, 0.2) is 12.4 Å². The van der Waals surface area contributed by atoms with Crippen LogP contribution in [0.5, 0.6) is 5.88 Å². The van der Waals surface area contributed by atoms with Crippen molar-refractivity contribution in [2.75, 3.05) is 12.4 Å². The lowest BCUT2D eigenvalue weighted by atomic mass is 10.4. The number of nitrogens with one attached hydrogen (secondary N) is 1. The summed E-state index contributed by atoms with van der Waals surface area (Å²) in [6.45, 7) is 1.83. The van der Waals surface area contributed by atoms with E-state index in [9.17, 15) is 4.21 Å². The Morgan fingerprint density at radius 3 is 2.95 bits per heavy atom. The highest BCUT2D eigenvalue weighted by atomic mass is 35.5. The van der Waals surface area contributed by atoms with E-state index in [4.69, 9.17) is 16.3 Å². The lowest BCUT2D eigenvalue weighted by Gasteiger charge is -2.05. The minimum Gasteiger partial charge on any atom is -0.480 e. The number of aryl methyl sites for hydroxylation is 1. The normalized spacial score (nSPS) is 15.8. The fourth-order valence-corrected chi connectivity index (χ4v) is 3.17. The molecule has 3 rings (SSSR count). The van der Waals surface area contributed by atoms with Crippen LogP contribution in [-0.2, 0) is 11.0 Å². The topological polar surface area (TPSA) is 81.9 Å². The van der Waals surface area contributed by atoms with Crippen LogP contribution in [0, 0.1) is 6.92 Å². The van der Waals surface area contributed by atoms with Crippen LogP contribution in [-0.4, -0.2) is 35.7 Å². The summed E-state index contributed by atoms with van der Waals surface area (Å²) in [6.07, 6.45) is 5.14. The predicted octanol–water partition coefficient (Wildman–Crippen LogP) is 2.06. The number of nitrogens with zero attached hydrogens (tertiary/aromatic N) is 4. The number of rotatable bonds is 5. The van der Waals surface area contributed by atoms with Gasteiger partial charge in [-0.1, -0.05) is 11.6 Å². The molecule has 1 unspecified atom stereocenters. The summed E-state index contributed by atoms with van der Waals surface area (Å²) in [7, 11) is 0.384. The van der Waals surface area contributed by atoms with Gasteiger partial charge < -0.3 is 10.1 Å². The molecule has 0 bridgehead atoms. The molecular weight excluding hydrogens is 314 g/mol. The summed E-state index contributed by atoms with van der Waals surface area (Å²) in [5.74, 6) is 0.636. The average molecular weight is 328 g/mol. The number of aromatic nitrogens is 4. The van der Waals surface area contributed by atoms with Gasteiger partial charge >= 0.3 is 0 Å². The predicted molar refractivity (Wildman–Crippen MR) is 80.4 cm³/mol. The fraction of sp³-hybridized carbons (Fsp3) is 0.417. The van der Waals surface area contributed by atoms with Crippen LogP contribution in [0.1, 0.15) is 18.5 Å². The average Bonchev–Trinajstić information content (AvgIpc) is 3.26. The van der Waals surface area contributed by atoms with Gasteiger partial charge in [-0.05, 0) is 19.8 Å². The second-order valence-corrected chi connectivity index (χ2v) is 6.68. The zero-order valence-corrected chi connectivity index (χ0v) is 13.1. The third kappa shape index (κ3) is 3.01. The van der Waals surface area contributed by atoms with Crippen LogP contribution in [0.2, 0.25) is 5.02 Å². The maximum atomic E-state index is 12.1. The van der Waals surface area contributed by atoms with E-state index in [1.807, 2.05) is 6.92 Å². The maximum Gasteiger partial charge on any atom is 0.237 e. The molecule has 1 aliphatic carbocycles. The van der Waals surface area contributed by atoms with Gasteiger partial charge in [0.2, 0.25) is 11.8 Å². The monoisotopic (exact) mass is 327 g/mol. The molecule has 2 aromatic rings. The van der Waals surface area contributed by atoms with Crippen molar-refractivity contribution in [3.8, 4) is 5.88 Å². The Hall–Kier alpha value is -1.67. The molecule has 0 spiro atoms. The minimum absolute atomic E-state index is 0.226. The smallest absolute Gasteiger partial charge is 0.237 e. The standard InChI is InChI=1S/C12H14ClN5O2S/c1-7-10(6-18(17-7)21(19)8-3-4-8)15-12-14-5-9(13)11(16-12)20-2/h5-6,8H,3-4H2,1-2H3,(H,14,15,16). The highest BCUT2D eigenvalue weighted by molar-refractivity contribution is 7.84. The van der Waals surface area contributed by atoms with Crippen molar-refractivity contribution in [2.45, 2.75) is 25.0 Å². The Labute approximate surface area is 129 Å². The summed E-state index contributed by atoms with van der Waals surface area (Å²) in [6, 6.07) is 0. The van der Waals surface area contributed by atoms with Gasteiger partial charge in [-0.3, -0.25) is 0 Å². The Bertz CT molecular complexity index is 701. The van der Waals surface area contributed by atoms with E-state index in [1.165, 1.54) is 17.4 Å². The van der Waals surface area contributed by atoms with Crippen LogP contribution < -0.4 is 10.1 Å². The molecule has 0 aliphatic heterocycles. The molecule has 1 fully saturated rings. The molecule has 1 atom stereocenters. The second-order valence-electron chi connectivity index (χ2n) is 4.68. The third-order valence-corrected chi connectivity index (χ3v) is 4.88. The van der Waals surface area contributed by atoms with E-state index < -0.39 is 11.0 Å². The Morgan fingerprint density at radius 2 is 2.29 bits per heavy atom. The Balaban J connectivity index is 1.82. The molecule has 0 saturated heterocycles. The van der Waals surface area contributed by atoms with Gasteiger partial charge in [0.15, 0.2) is 0 Å². The van der Waals surface area contributed by atoms with Crippen molar-refractivity contribution >= 4 is 34.2 Å². The van der Waals surface area contributed by atoms with Crippen molar-refractivity contribution in [2.24, 2.45) is 0 Å². The molecule has 7 nitrogen and oxygen atoms in total. The number of anilines is 2. The maximum absolute atomic E-state index is 12.1. The van der Waals surface area contributed by atoms with E-state index in [0.717, 1.165) is 18.5 Å². The van der Waals surface area contributed by atoms with Gasteiger partial charge in [0, 0.05) is 0 Å². The van der Waals surface area contributed by atoms with Gasteiger partial charge in [0.1, 0.15) is 16.0 Å². The Morgan fingerprint density at radius 1 is 1.52 bits per heavy atom. The highest BCUT2D eigenvalue weighted by Crippen LogP contribution is 2.28. The van der Waals surface area contributed by atoms with Crippen molar-refractivity contribution in [1.82, 2.24) is 19.2 Å². The molecule has 21 heavy (non-hydrogen) atoms. The summed E-state index contributed by atoms with van der Waals surface area (Å²) >= 11 is 5.88. The minimum atomic E-state index is -1.10. The first-order chi connectivity index (χ1) is 10.1. The number of methoxy groups -OCH3 is 1. The molecule has 0 aromatic carbocycles. The first kappa shape index (κ1) is 14.3. The molecule has 2 heterocycles.